The number of aliphatic hydroxyl groups excluding tert-OH is 1. The quantitative estimate of drug-likeness (QED) is 0.115. The molecule has 0 radical (unpaired) electrons. The molecule has 2 heterocycles. The summed E-state index contributed by atoms with van der Waals surface area (Å²) in [5.41, 5.74) is 2.01. The van der Waals surface area contributed by atoms with Crippen molar-refractivity contribution in [3.63, 3.8) is 0 Å². The Morgan fingerprint density at radius 2 is 0.966 bits per heavy atom. The van der Waals surface area contributed by atoms with Gasteiger partial charge in [0.1, 0.15) is 29.5 Å². The third-order valence-corrected chi connectivity index (χ3v) is 11.1. The number of rotatable bonds is 13. The molecule has 6 aromatic carbocycles. The molecule has 8 heteroatoms. The van der Waals surface area contributed by atoms with E-state index in [0.717, 1.165) is 33.4 Å². The molecule has 1 aromatic heterocycles. The second-order valence-electron chi connectivity index (χ2n) is 14.9. The smallest absolute Gasteiger partial charge is 0.330 e. The Hall–Kier alpha value is -6.16. The standard InChI is InChI=1S/C50H46N2O6/c1-35(2)42-33-52(48(55)51-46(42)54)47-44(53)45(58-50(39-27-15-6-16-28-39,40-29-17-7-18-30-40)41-31-19-8-20-32-41)43(57-47)34-56-49(36-21-9-3-10-22-36,37-23-11-4-12-24-37)38-25-13-5-14-26-38/h3-33,35,43-45,47,53H,34H2,1-2H3,(H,51,54,55)/t43-,44-,45-,47-/m1/s1. The summed E-state index contributed by atoms with van der Waals surface area (Å²) >= 11 is 0. The zero-order valence-electron chi connectivity index (χ0n) is 32.4. The molecule has 1 aliphatic heterocycles. The Bertz CT molecular complexity index is 2320. The lowest BCUT2D eigenvalue weighted by Crippen LogP contribution is -2.47. The van der Waals surface area contributed by atoms with Gasteiger partial charge in [-0.1, -0.05) is 196 Å². The van der Waals surface area contributed by atoms with Crippen molar-refractivity contribution >= 4 is 0 Å². The normalized spacial score (nSPS) is 18.3. The van der Waals surface area contributed by atoms with Crippen LogP contribution in [0.3, 0.4) is 0 Å². The number of H-pyrrole nitrogens is 1. The zero-order chi connectivity index (χ0) is 40.1. The van der Waals surface area contributed by atoms with Crippen LogP contribution in [0.15, 0.2) is 198 Å². The van der Waals surface area contributed by atoms with Gasteiger partial charge in [-0.05, 0) is 39.3 Å². The van der Waals surface area contributed by atoms with Crippen LogP contribution in [0.4, 0.5) is 0 Å². The fraction of sp³-hybridized carbons (Fsp3) is 0.200. The van der Waals surface area contributed by atoms with Gasteiger partial charge in [0.25, 0.3) is 5.56 Å². The molecule has 1 saturated heterocycles. The van der Waals surface area contributed by atoms with Crippen molar-refractivity contribution in [1.82, 2.24) is 9.55 Å². The van der Waals surface area contributed by atoms with Gasteiger partial charge in [-0.3, -0.25) is 14.3 Å². The first-order valence-electron chi connectivity index (χ1n) is 19.7. The van der Waals surface area contributed by atoms with Crippen LogP contribution in [0.25, 0.3) is 0 Å². The van der Waals surface area contributed by atoms with E-state index < -0.39 is 47.0 Å². The molecule has 0 aliphatic carbocycles. The van der Waals surface area contributed by atoms with Crippen LogP contribution >= 0.6 is 0 Å². The van der Waals surface area contributed by atoms with Crippen LogP contribution in [0.5, 0.6) is 0 Å². The van der Waals surface area contributed by atoms with Crippen LogP contribution in [-0.4, -0.2) is 39.6 Å². The molecule has 0 amide bonds. The molecule has 8 nitrogen and oxygen atoms in total. The first-order chi connectivity index (χ1) is 28.3. The number of nitrogens with zero attached hydrogens (tertiary/aromatic N) is 1. The van der Waals surface area contributed by atoms with Crippen molar-refractivity contribution in [2.75, 3.05) is 6.61 Å². The van der Waals surface area contributed by atoms with E-state index in [-0.39, 0.29) is 12.5 Å². The van der Waals surface area contributed by atoms with Crippen LogP contribution in [0, 0.1) is 0 Å². The third-order valence-electron chi connectivity index (χ3n) is 11.1. The number of aromatic amines is 1. The lowest BCUT2D eigenvalue weighted by atomic mass is 9.79. The van der Waals surface area contributed by atoms with Crippen molar-refractivity contribution in [1.29, 1.82) is 0 Å². The second kappa shape index (κ2) is 16.7. The molecule has 8 rings (SSSR count). The summed E-state index contributed by atoms with van der Waals surface area (Å²) in [6.07, 6.45) is -3.16. The SMILES string of the molecule is CC(C)c1cn([C@@H]2O[C@H](COC(c3ccccc3)(c3ccccc3)c3ccccc3)[C@@H](OC(c3ccccc3)(c3ccccc3)c3ccccc3)[C@H]2O)c(=O)[nH]c1=O. The minimum atomic E-state index is -1.40. The van der Waals surface area contributed by atoms with E-state index in [1.54, 1.807) is 0 Å². The number of hydrogen-bond donors (Lipinski definition) is 2. The number of nitrogens with one attached hydrogen (secondary N) is 1. The summed E-state index contributed by atoms with van der Waals surface area (Å²) in [5, 5.41) is 12.6. The van der Waals surface area contributed by atoms with E-state index in [9.17, 15) is 14.7 Å². The van der Waals surface area contributed by atoms with E-state index in [1.807, 2.05) is 196 Å². The van der Waals surface area contributed by atoms with Gasteiger partial charge >= 0.3 is 5.69 Å². The number of ether oxygens (including phenoxy) is 3. The highest BCUT2D eigenvalue weighted by Crippen LogP contribution is 2.46. The molecule has 0 bridgehead atoms. The average Bonchev–Trinajstić information content (AvgIpc) is 3.58. The molecule has 4 atom stereocenters. The fourth-order valence-corrected chi connectivity index (χ4v) is 8.23. The maximum absolute atomic E-state index is 13.6. The summed E-state index contributed by atoms with van der Waals surface area (Å²) in [6, 6.07) is 59.8. The summed E-state index contributed by atoms with van der Waals surface area (Å²) in [7, 11) is 0. The summed E-state index contributed by atoms with van der Waals surface area (Å²) in [6.45, 7) is 3.68. The van der Waals surface area contributed by atoms with Crippen LogP contribution in [-0.2, 0) is 25.4 Å². The lowest BCUT2D eigenvalue weighted by molar-refractivity contribution is -0.131. The Morgan fingerprint density at radius 1 is 0.603 bits per heavy atom. The third kappa shape index (κ3) is 7.16. The van der Waals surface area contributed by atoms with Crippen molar-refractivity contribution < 1.29 is 19.3 Å². The molecule has 58 heavy (non-hydrogen) atoms. The van der Waals surface area contributed by atoms with Crippen molar-refractivity contribution in [3.8, 4) is 0 Å². The second-order valence-corrected chi connectivity index (χ2v) is 14.9. The predicted octanol–water partition coefficient (Wildman–Crippen LogP) is 8.30. The molecule has 2 N–H and O–H groups in total. The fourth-order valence-electron chi connectivity index (χ4n) is 8.23. The number of benzene rings is 6. The van der Waals surface area contributed by atoms with Gasteiger partial charge in [0, 0.05) is 11.8 Å². The van der Waals surface area contributed by atoms with E-state index >= 15 is 0 Å². The van der Waals surface area contributed by atoms with Gasteiger partial charge in [-0.25, -0.2) is 4.79 Å². The highest BCUT2D eigenvalue weighted by atomic mass is 16.6. The monoisotopic (exact) mass is 770 g/mol. The minimum Gasteiger partial charge on any atom is -0.386 e. The highest BCUT2D eigenvalue weighted by molar-refractivity contribution is 5.49. The Kier molecular flexibility index (Phi) is 11.2. The van der Waals surface area contributed by atoms with Gasteiger partial charge in [0.2, 0.25) is 0 Å². The van der Waals surface area contributed by atoms with Crippen molar-refractivity contribution in [2.24, 2.45) is 0 Å². The summed E-state index contributed by atoms with van der Waals surface area (Å²) in [5.74, 6) is -0.203. The molecule has 0 spiro atoms. The van der Waals surface area contributed by atoms with Crippen molar-refractivity contribution in [3.05, 3.63) is 248 Å². The van der Waals surface area contributed by atoms with Gasteiger partial charge in [-0.2, -0.15) is 0 Å². The van der Waals surface area contributed by atoms with Gasteiger partial charge < -0.3 is 19.3 Å². The molecule has 7 aromatic rings. The molecule has 0 saturated carbocycles. The van der Waals surface area contributed by atoms with Gasteiger partial charge in [0.15, 0.2) is 6.23 Å². The average molecular weight is 771 g/mol. The maximum Gasteiger partial charge on any atom is 0.330 e. The van der Waals surface area contributed by atoms with E-state index in [0.29, 0.717) is 5.56 Å². The minimum absolute atomic E-state index is 0.0689. The van der Waals surface area contributed by atoms with Gasteiger partial charge in [0.05, 0.1) is 6.61 Å². The van der Waals surface area contributed by atoms with Crippen LogP contribution in [0.1, 0.15) is 64.9 Å². The molecule has 292 valence electrons. The Morgan fingerprint density at radius 3 is 1.33 bits per heavy atom. The Balaban J connectivity index is 1.31. The van der Waals surface area contributed by atoms with Gasteiger partial charge in [-0.15, -0.1) is 0 Å². The number of aromatic nitrogens is 2. The van der Waals surface area contributed by atoms with Crippen LogP contribution in [0.2, 0.25) is 0 Å². The summed E-state index contributed by atoms with van der Waals surface area (Å²) in [4.78, 5) is 29.0. The largest absolute Gasteiger partial charge is 0.386 e. The first kappa shape index (κ1) is 38.7. The lowest BCUT2D eigenvalue weighted by Gasteiger charge is -2.41. The van der Waals surface area contributed by atoms with E-state index in [2.05, 4.69) is 4.98 Å². The highest BCUT2D eigenvalue weighted by Gasteiger charge is 2.52. The molecule has 1 fully saturated rings. The Labute approximate surface area is 338 Å². The van der Waals surface area contributed by atoms with Crippen LogP contribution < -0.4 is 11.2 Å². The first-order valence-corrected chi connectivity index (χ1v) is 19.7. The van der Waals surface area contributed by atoms with Crippen molar-refractivity contribution in [2.45, 2.75) is 55.5 Å². The number of aliphatic hydroxyl groups is 1. The molecular formula is C50H46N2O6. The van der Waals surface area contributed by atoms with E-state index in [4.69, 9.17) is 14.2 Å². The molecule has 1 aliphatic rings. The molecular weight excluding hydrogens is 725 g/mol. The number of hydrogen-bond acceptors (Lipinski definition) is 6. The maximum atomic E-state index is 13.6. The topological polar surface area (TPSA) is 103 Å². The zero-order valence-corrected chi connectivity index (χ0v) is 32.4. The summed E-state index contributed by atoms with van der Waals surface area (Å²) < 4.78 is 22.9. The predicted molar refractivity (Wildman–Crippen MR) is 225 cm³/mol. The molecule has 0 unspecified atom stereocenters. The van der Waals surface area contributed by atoms with E-state index in [1.165, 1.54) is 10.8 Å².